The molecule has 3 rings (SSSR count). The standard InChI is InChI=1S/C24H30O6S/c1-7-10-29-24-21(27-4)13-16(14-22(24)31-6)18-9-8-17(30-18)15-11-19(25-2)23(28-5)20(12-15)26-3/h7,11-14,17-18H,1,8-10H2,2-6H3/t17-,18-/m0/s1. The summed E-state index contributed by atoms with van der Waals surface area (Å²) in [6.45, 7) is 4.14. The predicted molar refractivity (Wildman–Crippen MR) is 122 cm³/mol. The molecule has 31 heavy (non-hydrogen) atoms. The van der Waals surface area contributed by atoms with Crippen molar-refractivity contribution < 1.29 is 28.4 Å². The van der Waals surface area contributed by atoms with Crippen molar-refractivity contribution in [1.82, 2.24) is 0 Å². The van der Waals surface area contributed by atoms with Crippen molar-refractivity contribution in [2.24, 2.45) is 0 Å². The highest BCUT2D eigenvalue weighted by Gasteiger charge is 2.30. The van der Waals surface area contributed by atoms with Gasteiger partial charge in [0.2, 0.25) is 5.75 Å². The van der Waals surface area contributed by atoms with Gasteiger partial charge < -0.3 is 28.4 Å². The molecule has 1 saturated heterocycles. The zero-order chi connectivity index (χ0) is 22.4. The minimum absolute atomic E-state index is 0.0441. The largest absolute Gasteiger partial charge is 0.493 e. The lowest BCUT2D eigenvalue weighted by molar-refractivity contribution is 0.0435. The van der Waals surface area contributed by atoms with Gasteiger partial charge in [-0.3, -0.25) is 0 Å². The summed E-state index contributed by atoms with van der Waals surface area (Å²) in [5.74, 6) is 3.26. The number of hydrogen-bond acceptors (Lipinski definition) is 7. The van der Waals surface area contributed by atoms with E-state index in [1.807, 2.05) is 24.5 Å². The van der Waals surface area contributed by atoms with Crippen LogP contribution in [0.5, 0.6) is 28.7 Å². The molecule has 0 unspecified atom stereocenters. The zero-order valence-electron chi connectivity index (χ0n) is 18.7. The fourth-order valence-electron chi connectivity index (χ4n) is 3.79. The van der Waals surface area contributed by atoms with Gasteiger partial charge in [-0.2, -0.15) is 0 Å². The van der Waals surface area contributed by atoms with Crippen LogP contribution in [0.1, 0.15) is 36.2 Å². The van der Waals surface area contributed by atoms with E-state index in [1.165, 1.54) is 0 Å². The van der Waals surface area contributed by atoms with Crippen LogP contribution in [0.3, 0.4) is 0 Å². The van der Waals surface area contributed by atoms with Crippen LogP contribution in [-0.4, -0.2) is 41.3 Å². The molecule has 1 fully saturated rings. The van der Waals surface area contributed by atoms with E-state index in [4.69, 9.17) is 28.4 Å². The first kappa shape index (κ1) is 23.2. The first-order valence-electron chi connectivity index (χ1n) is 10.0. The Morgan fingerprint density at radius 2 is 1.39 bits per heavy atom. The average molecular weight is 447 g/mol. The van der Waals surface area contributed by atoms with Crippen molar-refractivity contribution in [2.75, 3.05) is 41.3 Å². The number of hydrogen-bond donors (Lipinski definition) is 0. The Hall–Kier alpha value is -2.51. The second kappa shape index (κ2) is 10.7. The van der Waals surface area contributed by atoms with Crippen LogP contribution >= 0.6 is 11.8 Å². The summed E-state index contributed by atoms with van der Waals surface area (Å²) in [6, 6.07) is 8.03. The minimum Gasteiger partial charge on any atom is -0.493 e. The highest BCUT2D eigenvalue weighted by molar-refractivity contribution is 7.98. The summed E-state index contributed by atoms with van der Waals surface area (Å²) >= 11 is 1.62. The predicted octanol–water partition coefficient (Wildman–Crippen LogP) is 5.60. The van der Waals surface area contributed by atoms with Crippen molar-refractivity contribution in [1.29, 1.82) is 0 Å². The molecule has 1 aliphatic rings. The summed E-state index contributed by atoms with van der Waals surface area (Å²) in [5, 5.41) is 0. The van der Waals surface area contributed by atoms with Crippen molar-refractivity contribution in [2.45, 2.75) is 29.9 Å². The van der Waals surface area contributed by atoms with Gasteiger partial charge in [0, 0.05) is 0 Å². The summed E-state index contributed by atoms with van der Waals surface area (Å²) in [4.78, 5) is 1.01. The quantitative estimate of drug-likeness (QED) is 0.348. The third kappa shape index (κ3) is 4.88. The van der Waals surface area contributed by atoms with Gasteiger partial charge in [0.25, 0.3) is 0 Å². The van der Waals surface area contributed by atoms with Gasteiger partial charge in [-0.25, -0.2) is 0 Å². The second-order valence-electron chi connectivity index (χ2n) is 7.00. The first-order valence-corrected chi connectivity index (χ1v) is 11.3. The van der Waals surface area contributed by atoms with Crippen LogP contribution in [0.2, 0.25) is 0 Å². The summed E-state index contributed by atoms with van der Waals surface area (Å²) < 4.78 is 34.3. The smallest absolute Gasteiger partial charge is 0.203 e. The molecular weight excluding hydrogens is 416 g/mol. The number of rotatable bonds is 10. The minimum atomic E-state index is -0.0703. The van der Waals surface area contributed by atoms with Crippen LogP contribution in [0.15, 0.2) is 41.8 Å². The number of benzene rings is 2. The lowest BCUT2D eigenvalue weighted by atomic mass is 10.0. The molecule has 0 aromatic heterocycles. The van der Waals surface area contributed by atoms with Gasteiger partial charge in [0.15, 0.2) is 23.0 Å². The molecule has 1 heterocycles. The molecule has 0 aliphatic carbocycles. The molecule has 0 N–H and O–H groups in total. The maximum atomic E-state index is 6.45. The Bertz CT molecular complexity index is 863. The molecule has 2 aromatic carbocycles. The lowest BCUT2D eigenvalue weighted by Crippen LogP contribution is -2.04. The van der Waals surface area contributed by atoms with E-state index in [9.17, 15) is 0 Å². The lowest BCUT2D eigenvalue weighted by Gasteiger charge is -2.20. The van der Waals surface area contributed by atoms with E-state index in [0.717, 1.165) is 34.6 Å². The van der Waals surface area contributed by atoms with Crippen LogP contribution < -0.4 is 23.7 Å². The number of ether oxygens (including phenoxy) is 6. The first-order chi connectivity index (χ1) is 15.1. The molecule has 7 heteroatoms. The molecule has 0 spiro atoms. The highest BCUT2D eigenvalue weighted by atomic mass is 32.2. The Balaban J connectivity index is 1.88. The normalized spacial score (nSPS) is 17.8. The van der Waals surface area contributed by atoms with E-state index in [0.29, 0.717) is 29.6 Å². The molecular formula is C24H30O6S. The highest BCUT2D eigenvalue weighted by Crippen LogP contribution is 2.48. The molecule has 2 aromatic rings. The van der Waals surface area contributed by atoms with Crippen LogP contribution in [-0.2, 0) is 4.74 Å². The zero-order valence-corrected chi connectivity index (χ0v) is 19.5. The van der Waals surface area contributed by atoms with E-state index >= 15 is 0 Å². The molecule has 0 amide bonds. The summed E-state index contributed by atoms with van der Waals surface area (Å²) in [6.07, 6.45) is 5.41. The molecule has 1 aliphatic heterocycles. The van der Waals surface area contributed by atoms with E-state index in [2.05, 4.69) is 12.6 Å². The molecule has 168 valence electrons. The van der Waals surface area contributed by atoms with Gasteiger partial charge in [0.1, 0.15) is 6.61 Å². The van der Waals surface area contributed by atoms with Crippen molar-refractivity contribution in [3.05, 3.63) is 48.0 Å². The molecule has 2 atom stereocenters. The topological polar surface area (TPSA) is 55.4 Å². The van der Waals surface area contributed by atoms with Crippen LogP contribution in [0.25, 0.3) is 0 Å². The summed E-state index contributed by atoms with van der Waals surface area (Å²) in [5.41, 5.74) is 2.07. The van der Waals surface area contributed by atoms with Gasteiger partial charge >= 0.3 is 0 Å². The van der Waals surface area contributed by atoms with Gasteiger partial charge in [-0.1, -0.05) is 12.7 Å². The fraction of sp³-hybridized carbons (Fsp3) is 0.417. The van der Waals surface area contributed by atoms with E-state index in [-0.39, 0.29) is 12.2 Å². The van der Waals surface area contributed by atoms with Crippen molar-refractivity contribution >= 4 is 11.8 Å². The van der Waals surface area contributed by atoms with Crippen molar-refractivity contribution in [3.63, 3.8) is 0 Å². The van der Waals surface area contributed by atoms with Crippen LogP contribution in [0.4, 0.5) is 0 Å². The Morgan fingerprint density at radius 3 is 1.84 bits per heavy atom. The molecule has 0 saturated carbocycles. The molecule has 0 radical (unpaired) electrons. The maximum absolute atomic E-state index is 6.45. The number of methoxy groups -OCH3 is 4. The van der Waals surface area contributed by atoms with Gasteiger partial charge in [-0.15, -0.1) is 11.8 Å². The molecule has 6 nitrogen and oxygen atoms in total. The van der Waals surface area contributed by atoms with Crippen LogP contribution in [0, 0.1) is 0 Å². The Morgan fingerprint density at radius 1 is 0.871 bits per heavy atom. The Kier molecular flexibility index (Phi) is 7.98. The molecule has 0 bridgehead atoms. The Labute approximate surface area is 188 Å². The van der Waals surface area contributed by atoms with E-state index < -0.39 is 0 Å². The van der Waals surface area contributed by atoms with Crippen molar-refractivity contribution in [3.8, 4) is 28.7 Å². The number of thioether (sulfide) groups is 1. The monoisotopic (exact) mass is 446 g/mol. The third-order valence-electron chi connectivity index (χ3n) is 5.28. The maximum Gasteiger partial charge on any atom is 0.203 e. The van der Waals surface area contributed by atoms with Gasteiger partial charge in [0.05, 0.1) is 45.5 Å². The van der Waals surface area contributed by atoms with Gasteiger partial charge in [-0.05, 0) is 54.5 Å². The third-order valence-corrected chi connectivity index (χ3v) is 6.02. The fourth-order valence-corrected chi connectivity index (χ4v) is 4.38. The average Bonchev–Trinajstić information content (AvgIpc) is 3.31. The van der Waals surface area contributed by atoms with E-state index in [1.54, 1.807) is 46.3 Å². The SMILES string of the molecule is C=CCOc1c(OC)cc([C@@H]2CC[C@@H](c3cc(OC)c(OC)c(OC)c3)O2)cc1SC. The summed E-state index contributed by atoms with van der Waals surface area (Å²) in [7, 11) is 6.48. The second-order valence-corrected chi connectivity index (χ2v) is 7.85.